The highest BCUT2D eigenvalue weighted by Gasteiger charge is 2.19. The van der Waals surface area contributed by atoms with Crippen molar-refractivity contribution in [3.05, 3.63) is 72.9 Å². The van der Waals surface area contributed by atoms with Gasteiger partial charge in [0.15, 0.2) is 6.10 Å². The minimum Gasteiger partial charge on any atom is -0.462 e. The number of carbonyl (C=O) groups excluding carboxylic acids is 3. The van der Waals surface area contributed by atoms with Crippen molar-refractivity contribution < 1.29 is 28.6 Å². The lowest BCUT2D eigenvalue weighted by molar-refractivity contribution is -0.167. The molecule has 0 radical (unpaired) electrons. The lowest BCUT2D eigenvalue weighted by Gasteiger charge is -2.18. The molecule has 0 bridgehead atoms. The molecule has 0 aliphatic rings. The molecule has 0 aromatic rings. The van der Waals surface area contributed by atoms with Gasteiger partial charge in [0.2, 0.25) is 0 Å². The molecule has 0 saturated carbocycles. The Morgan fingerprint density at radius 3 is 1.18 bits per heavy atom. The van der Waals surface area contributed by atoms with Gasteiger partial charge in [0.1, 0.15) is 13.2 Å². The van der Waals surface area contributed by atoms with E-state index in [4.69, 9.17) is 14.2 Å². The summed E-state index contributed by atoms with van der Waals surface area (Å²) in [5.41, 5.74) is 0. The molecule has 0 amide bonds. The van der Waals surface area contributed by atoms with Gasteiger partial charge in [-0.1, -0.05) is 196 Å². The molecule has 0 fully saturated rings. The molecule has 0 aliphatic heterocycles. The standard InChI is InChI=1S/C55H94O6/c1-4-7-10-13-16-19-22-25-26-27-28-31-33-36-39-42-45-48-54(57)60-51-52(61-55(58)49-46-43-40-37-34-30-24-21-18-15-12-9-6-3)50-59-53(56)47-44-41-38-35-32-29-23-20-17-14-11-8-5-2/h9,12,15-16,18-19,21,24-26,29,32,52H,4-8,10-11,13-14,17,20,22-23,27-28,30-31,33-51H2,1-3H3/b12-9+,18-15+,19-16+,24-21+,26-25+,32-29+. The first-order chi connectivity index (χ1) is 30.0. The lowest BCUT2D eigenvalue weighted by atomic mass is 10.1. The average Bonchev–Trinajstić information content (AvgIpc) is 3.26. The van der Waals surface area contributed by atoms with E-state index in [-0.39, 0.29) is 31.1 Å². The predicted molar refractivity (Wildman–Crippen MR) is 261 cm³/mol. The van der Waals surface area contributed by atoms with Gasteiger partial charge in [-0.05, 0) is 96.3 Å². The van der Waals surface area contributed by atoms with Crippen molar-refractivity contribution in [1.29, 1.82) is 0 Å². The van der Waals surface area contributed by atoms with Crippen LogP contribution in [0.5, 0.6) is 0 Å². The SMILES string of the molecule is CC/C=C/C=C/C=C/CCCCCCCC(=O)OC(COC(=O)CCCCC/C=C/CCCCCCCC)COC(=O)CCCCCCCCC/C=C/C/C=C/CCCCC. The van der Waals surface area contributed by atoms with Crippen molar-refractivity contribution in [2.24, 2.45) is 0 Å². The zero-order valence-corrected chi connectivity index (χ0v) is 39.9. The number of allylic oxidation sites excluding steroid dienone is 12. The van der Waals surface area contributed by atoms with Crippen LogP contribution in [-0.4, -0.2) is 37.2 Å². The molecule has 61 heavy (non-hydrogen) atoms. The molecule has 0 saturated heterocycles. The van der Waals surface area contributed by atoms with Crippen LogP contribution in [0.2, 0.25) is 0 Å². The third kappa shape index (κ3) is 47.7. The molecule has 0 aromatic carbocycles. The third-order valence-electron chi connectivity index (χ3n) is 10.7. The quantitative estimate of drug-likeness (QED) is 0.0200. The molecule has 0 heterocycles. The molecule has 6 heteroatoms. The summed E-state index contributed by atoms with van der Waals surface area (Å²) < 4.78 is 16.7. The highest BCUT2D eigenvalue weighted by molar-refractivity contribution is 5.71. The molecule has 1 unspecified atom stereocenters. The van der Waals surface area contributed by atoms with E-state index >= 15 is 0 Å². The summed E-state index contributed by atoms with van der Waals surface area (Å²) in [6.07, 6.45) is 61.7. The highest BCUT2D eigenvalue weighted by Crippen LogP contribution is 2.14. The van der Waals surface area contributed by atoms with E-state index in [1.807, 2.05) is 0 Å². The van der Waals surface area contributed by atoms with E-state index in [2.05, 4.69) is 93.7 Å². The van der Waals surface area contributed by atoms with E-state index < -0.39 is 6.10 Å². The van der Waals surface area contributed by atoms with Crippen LogP contribution in [0.25, 0.3) is 0 Å². The fourth-order valence-corrected chi connectivity index (χ4v) is 6.88. The second-order valence-corrected chi connectivity index (χ2v) is 16.7. The van der Waals surface area contributed by atoms with Crippen LogP contribution >= 0.6 is 0 Å². The summed E-state index contributed by atoms with van der Waals surface area (Å²) in [4.78, 5) is 37.9. The first-order valence-electron chi connectivity index (χ1n) is 25.5. The highest BCUT2D eigenvalue weighted by atomic mass is 16.6. The summed E-state index contributed by atoms with van der Waals surface area (Å²) in [5.74, 6) is -0.937. The Balaban J connectivity index is 4.42. The number of hydrogen-bond donors (Lipinski definition) is 0. The Bertz CT molecular complexity index is 1160. The van der Waals surface area contributed by atoms with Gasteiger partial charge in [0.05, 0.1) is 0 Å². The van der Waals surface area contributed by atoms with Crippen molar-refractivity contribution in [2.45, 2.75) is 245 Å². The van der Waals surface area contributed by atoms with Crippen molar-refractivity contribution >= 4 is 17.9 Å². The van der Waals surface area contributed by atoms with Gasteiger partial charge >= 0.3 is 17.9 Å². The van der Waals surface area contributed by atoms with E-state index in [1.54, 1.807) is 0 Å². The maximum atomic E-state index is 12.8. The molecule has 6 nitrogen and oxygen atoms in total. The number of unbranched alkanes of at least 4 members (excludes halogenated alkanes) is 24. The molecule has 0 rings (SSSR count). The van der Waals surface area contributed by atoms with Crippen LogP contribution in [0.4, 0.5) is 0 Å². The Morgan fingerprint density at radius 2 is 0.705 bits per heavy atom. The van der Waals surface area contributed by atoms with Gasteiger partial charge in [-0.25, -0.2) is 0 Å². The average molecular weight is 851 g/mol. The summed E-state index contributed by atoms with van der Waals surface area (Å²) in [6, 6.07) is 0. The molecule has 1 atom stereocenters. The number of esters is 3. The first kappa shape index (κ1) is 57.9. The summed E-state index contributed by atoms with van der Waals surface area (Å²) in [5, 5.41) is 0. The maximum absolute atomic E-state index is 12.8. The molecule has 0 N–H and O–H groups in total. The first-order valence-corrected chi connectivity index (χ1v) is 25.5. The van der Waals surface area contributed by atoms with E-state index in [0.29, 0.717) is 19.3 Å². The van der Waals surface area contributed by atoms with E-state index in [1.165, 1.54) is 89.9 Å². The number of rotatable bonds is 45. The zero-order chi connectivity index (χ0) is 44.4. The number of ether oxygens (including phenoxy) is 3. The van der Waals surface area contributed by atoms with Crippen LogP contribution in [0.3, 0.4) is 0 Å². The van der Waals surface area contributed by atoms with Crippen LogP contribution in [0.15, 0.2) is 72.9 Å². The van der Waals surface area contributed by atoms with Gasteiger partial charge in [-0.15, -0.1) is 0 Å². The van der Waals surface area contributed by atoms with Crippen LogP contribution in [0.1, 0.15) is 239 Å². The molecular formula is C55H94O6. The molecule has 0 spiro atoms. The molecule has 0 aliphatic carbocycles. The Hall–Kier alpha value is -3.15. The van der Waals surface area contributed by atoms with Crippen molar-refractivity contribution in [3.8, 4) is 0 Å². The molecular weight excluding hydrogens is 757 g/mol. The topological polar surface area (TPSA) is 78.9 Å². The normalized spacial score (nSPS) is 12.6. The predicted octanol–water partition coefficient (Wildman–Crippen LogP) is 16.6. The number of hydrogen-bond acceptors (Lipinski definition) is 6. The zero-order valence-electron chi connectivity index (χ0n) is 39.9. The van der Waals surface area contributed by atoms with Crippen molar-refractivity contribution in [1.82, 2.24) is 0 Å². The Morgan fingerprint density at radius 1 is 0.361 bits per heavy atom. The fraction of sp³-hybridized carbons (Fsp3) is 0.727. The Kier molecular flexibility index (Phi) is 46.9. The third-order valence-corrected chi connectivity index (χ3v) is 10.7. The van der Waals surface area contributed by atoms with E-state index in [9.17, 15) is 14.4 Å². The van der Waals surface area contributed by atoms with Crippen LogP contribution in [0, 0.1) is 0 Å². The largest absolute Gasteiger partial charge is 0.462 e. The van der Waals surface area contributed by atoms with Gasteiger partial charge in [-0.2, -0.15) is 0 Å². The van der Waals surface area contributed by atoms with Crippen LogP contribution < -0.4 is 0 Å². The smallest absolute Gasteiger partial charge is 0.306 e. The summed E-state index contributed by atoms with van der Waals surface area (Å²) >= 11 is 0. The van der Waals surface area contributed by atoms with E-state index in [0.717, 1.165) is 109 Å². The fourth-order valence-electron chi connectivity index (χ4n) is 6.88. The van der Waals surface area contributed by atoms with Gasteiger partial charge in [0.25, 0.3) is 0 Å². The minimum absolute atomic E-state index is 0.0930. The van der Waals surface area contributed by atoms with Gasteiger partial charge in [-0.3, -0.25) is 14.4 Å². The number of carbonyl (C=O) groups is 3. The minimum atomic E-state index is -0.794. The monoisotopic (exact) mass is 851 g/mol. The molecule has 0 aromatic heterocycles. The maximum Gasteiger partial charge on any atom is 0.306 e. The van der Waals surface area contributed by atoms with Crippen molar-refractivity contribution in [3.63, 3.8) is 0 Å². The Labute approximate surface area is 376 Å². The second-order valence-electron chi connectivity index (χ2n) is 16.7. The van der Waals surface area contributed by atoms with Crippen molar-refractivity contribution in [2.75, 3.05) is 13.2 Å². The lowest BCUT2D eigenvalue weighted by Crippen LogP contribution is -2.30. The molecule has 350 valence electrons. The van der Waals surface area contributed by atoms with Gasteiger partial charge < -0.3 is 14.2 Å². The second kappa shape index (κ2) is 49.5. The van der Waals surface area contributed by atoms with Gasteiger partial charge in [0, 0.05) is 19.3 Å². The summed E-state index contributed by atoms with van der Waals surface area (Å²) in [7, 11) is 0. The van der Waals surface area contributed by atoms with Crippen LogP contribution in [-0.2, 0) is 28.6 Å². The summed E-state index contributed by atoms with van der Waals surface area (Å²) in [6.45, 7) is 6.43.